The van der Waals surface area contributed by atoms with Gasteiger partial charge in [-0.3, -0.25) is 19.3 Å². The largest absolute Gasteiger partial charge is 0.461 e. The highest BCUT2D eigenvalue weighted by Crippen LogP contribution is 2.32. The summed E-state index contributed by atoms with van der Waals surface area (Å²) < 4.78 is 5.09. The van der Waals surface area contributed by atoms with Crippen molar-refractivity contribution in [3.05, 3.63) is 40.3 Å². The van der Waals surface area contributed by atoms with Gasteiger partial charge in [0, 0.05) is 0 Å². The van der Waals surface area contributed by atoms with E-state index in [0.29, 0.717) is 17.5 Å². The molecule has 6 nitrogen and oxygen atoms in total. The van der Waals surface area contributed by atoms with Crippen molar-refractivity contribution >= 4 is 35.0 Å². The molecule has 1 fully saturated rings. The van der Waals surface area contributed by atoms with E-state index >= 15 is 0 Å². The van der Waals surface area contributed by atoms with E-state index in [1.165, 1.54) is 0 Å². The summed E-state index contributed by atoms with van der Waals surface area (Å²) in [6.07, 6.45) is 1.96. The first-order valence-electron chi connectivity index (χ1n) is 7.39. The first kappa shape index (κ1) is 17.8. The SMILES string of the molecule is CC[C@@H](C)OC(=O)CN1C(=O)S/C(=C/c2ccc(C#N)cc2)C1=O. The van der Waals surface area contributed by atoms with E-state index in [1.54, 1.807) is 37.3 Å². The van der Waals surface area contributed by atoms with Gasteiger partial charge in [0.05, 0.1) is 22.6 Å². The van der Waals surface area contributed by atoms with Gasteiger partial charge in [-0.05, 0) is 48.9 Å². The molecule has 1 atom stereocenters. The fraction of sp³-hybridized carbons (Fsp3) is 0.294. The molecule has 0 spiro atoms. The van der Waals surface area contributed by atoms with Crippen molar-refractivity contribution in [3.8, 4) is 6.07 Å². The maximum atomic E-state index is 12.3. The Kier molecular flexibility index (Phi) is 5.77. The number of carbonyl (C=O) groups excluding carboxylic acids is 3. The number of carbonyl (C=O) groups is 3. The van der Waals surface area contributed by atoms with Crippen LogP contribution >= 0.6 is 11.8 Å². The van der Waals surface area contributed by atoms with Crippen LogP contribution in [0.25, 0.3) is 6.08 Å². The van der Waals surface area contributed by atoms with Crippen molar-refractivity contribution in [1.29, 1.82) is 5.26 Å². The Balaban J connectivity index is 2.09. The zero-order valence-corrected chi connectivity index (χ0v) is 14.1. The molecule has 2 amide bonds. The van der Waals surface area contributed by atoms with Crippen LogP contribution in [-0.2, 0) is 14.3 Å². The van der Waals surface area contributed by atoms with E-state index in [-0.39, 0.29) is 17.6 Å². The van der Waals surface area contributed by atoms with E-state index in [0.717, 1.165) is 16.7 Å². The molecule has 0 saturated carbocycles. The standard InChI is InChI=1S/C17H16N2O4S/c1-3-11(2)23-15(20)10-19-16(21)14(24-17(19)22)8-12-4-6-13(9-18)7-5-12/h4-8,11H,3,10H2,1-2H3/b14-8+/t11-/m1/s1. The van der Waals surface area contributed by atoms with Crippen LogP contribution in [0.1, 0.15) is 31.4 Å². The number of hydrogen-bond acceptors (Lipinski definition) is 6. The summed E-state index contributed by atoms with van der Waals surface area (Å²) >= 11 is 0.779. The third kappa shape index (κ3) is 4.24. The average molecular weight is 344 g/mol. The Morgan fingerprint density at radius 3 is 2.62 bits per heavy atom. The molecule has 0 unspecified atom stereocenters. The number of imide groups is 1. The van der Waals surface area contributed by atoms with Gasteiger partial charge in [-0.25, -0.2) is 0 Å². The molecular formula is C17H16N2O4S. The van der Waals surface area contributed by atoms with Crippen LogP contribution in [0.4, 0.5) is 4.79 Å². The maximum Gasteiger partial charge on any atom is 0.326 e. The number of nitrogens with zero attached hydrogens (tertiary/aromatic N) is 2. The molecule has 24 heavy (non-hydrogen) atoms. The summed E-state index contributed by atoms with van der Waals surface area (Å²) in [5.74, 6) is -1.12. The van der Waals surface area contributed by atoms with Gasteiger partial charge < -0.3 is 4.74 Å². The van der Waals surface area contributed by atoms with Gasteiger partial charge in [-0.1, -0.05) is 19.1 Å². The number of ether oxygens (including phenoxy) is 1. The van der Waals surface area contributed by atoms with Crippen LogP contribution in [0, 0.1) is 11.3 Å². The minimum absolute atomic E-state index is 0.237. The molecular weight excluding hydrogens is 328 g/mol. The molecule has 1 aromatic rings. The van der Waals surface area contributed by atoms with Gasteiger partial charge in [0.25, 0.3) is 11.1 Å². The first-order valence-corrected chi connectivity index (χ1v) is 8.21. The molecule has 0 bridgehead atoms. The normalized spacial score (nSPS) is 17.0. The number of benzene rings is 1. The summed E-state index contributed by atoms with van der Waals surface area (Å²) in [7, 11) is 0. The van der Waals surface area contributed by atoms with Gasteiger partial charge in [-0.2, -0.15) is 5.26 Å². The van der Waals surface area contributed by atoms with Crippen LogP contribution in [0.15, 0.2) is 29.2 Å². The molecule has 1 heterocycles. The van der Waals surface area contributed by atoms with Crippen LogP contribution in [-0.4, -0.2) is 34.7 Å². The predicted molar refractivity (Wildman–Crippen MR) is 89.7 cm³/mol. The number of rotatable bonds is 5. The molecule has 0 radical (unpaired) electrons. The molecule has 1 saturated heterocycles. The number of nitriles is 1. The Morgan fingerprint density at radius 2 is 2.04 bits per heavy atom. The second-order valence-electron chi connectivity index (χ2n) is 5.21. The molecule has 1 aliphatic heterocycles. The Morgan fingerprint density at radius 1 is 1.38 bits per heavy atom. The lowest BCUT2D eigenvalue weighted by Gasteiger charge is -2.14. The lowest BCUT2D eigenvalue weighted by molar-refractivity contribution is -0.150. The predicted octanol–water partition coefficient (Wildman–Crippen LogP) is 2.94. The molecule has 0 N–H and O–H groups in total. The average Bonchev–Trinajstić information content (AvgIpc) is 2.83. The van der Waals surface area contributed by atoms with Crippen molar-refractivity contribution in [2.24, 2.45) is 0 Å². The quantitative estimate of drug-likeness (QED) is 0.603. The Labute approximate surface area is 144 Å². The van der Waals surface area contributed by atoms with Crippen molar-refractivity contribution in [2.75, 3.05) is 6.54 Å². The van der Waals surface area contributed by atoms with Gasteiger partial charge in [0.1, 0.15) is 6.54 Å². The van der Waals surface area contributed by atoms with E-state index in [9.17, 15) is 14.4 Å². The summed E-state index contributed by atoms with van der Waals surface area (Å²) in [5.41, 5.74) is 1.20. The van der Waals surface area contributed by atoms with Gasteiger partial charge in [0.15, 0.2) is 0 Å². The van der Waals surface area contributed by atoms with Crippen molar-refractivity contribution in [1.82, 2.24) is 4.90 Å². The molecule has 2 rings (SSSR count). The van der Waals surface area contributed by atoms with E-state index < -0.39 is 17.1 Å². The van der Waals surface area contributed by atoms with Crippen LogP contribution in [0.3, 0.4) is 0 Å². The van der Waals surface area contributed by atoms with Crippen LogP contribution in [0.5, 0.6) is 0 Å². The summed E-state index contributed by atoms with van der Waals surface area (Å²) in [6, 6.07) is 8.62. The zero-order chi connectivity index (χ0) is 17.7. The second kappa shape index (κ2) is 7.79. The van der Waals surface area contributed by atoms with E-state index in [2.05, 4.69) is 0 Å². The monoisotopic (exact) mass is 344 g/mol. The molecule has 0 aromatic heterocycles. The minimum atomic E-state index is -0.605. The third-order valence-corrected chi connectivity index (χ3v) is 4.31. The molecule has 124 valence electrons. The van der Waals surface area contributed by atoms with Gasteiger partial charge in [-0.15, -0.1) is 0 Å². The zero-order valence-electron chi connectivity index (χ0n) is 13.3. The maximum absolute atomic E-state index is 12.3. The van der Waals surface area contributed by atoms with Gasteiger partial charge in [0.2, 0.25) is 0 Å². The highest BCUT2D eigenvalue weighted by molar-refractivity contribution is 8.18. The van der Waals surface area contributed by atoms with Crippen LogP contribution < -0.4 is 0 Å². The highest BCUT2D eigenvalue weighted by atomic mass is 32.2. The van der Waals surface area contributed by atoms with E-state index in [4.69, 9.17) is 10.00 Å². The fourth-order valence-corrected chi connectivity index (χ4v) is 2.75. The third-order valence-electron chi connectivity index (χ3n) is 3.41. The van der Waals surface area contributed by atoms with Crippen molar-refractivity contribution in [2.45, 2.75) is 26.4 Å². The Hall–Kier alpha value is -2.59. The number of thioether (sulfide) groups is 1. The second-order valence-corrected chi connectivity index (χ2v) is 6.20. The number of hydrogen-bond donors (Lipinski definition) is 0. The van der Waals surface area contributed by atoms with Crippen molar-refractivity contribution < 1.29 is 19.1 Å². The number of esters is 1. The van der Waals surface area contributed by atoms with E-state index in [1.807, 2.05) is 13.0 Å². The highest BCUT2D eigenvalue weighted by Gasteiger charge is 2.36. The lowest BCUT2D eigenvalue weighted by atomic mass is 10.1. The smallest absolute Gasteiger partial charge is 0.326 e. The minimum Gasteiger partial charge on any atom is -0.461 e. The van der Waals surface area contributed by atoms with Crippen molar-refractivity contribution in [3.63, 3.8) is 0 Å². The summed E-state index contributed by atoms with van der Waals surface area (Å²) in [5, 5.41) is 8.27. The molecule has 7 heteroatoms. The molecule has 0 aliphatic carbocycles. The molecule has 1 aromatic carbocycles. The van der Waals surface area contributed by atoms with Crippen LogP contribution in [0.2, 0.25) is 0 Å². The fourth-order valence-electron chi connectivity index (χ4n) is 1.92. The summed E-state index contributed by atoms with van der Waals surface area (Å²) in [4.78, 5) is 37.1. The first-order chi connectivity index (χ1) is 11.4. The van der Waals surface area contributed by atoms with Gasteiger partial charge >= 0.3 is 5.97 Å². The number of amides is 2. The topological polar surface area (TPSA) is 87.5 Å². The molecule has 1 aliphatic rings. The lowest BCUT2D eigenvalue weighted by Crippen LogP contribution is -2.35. The Bertz CT molecular complexity index is 734. The summed E-state index contributed by atoms with van der Waals surface area (Å²) in [6.45, 7) is 3.23.